The highest BCUT2D eigenvalue weighted by molar-refractivity contribution is 5.94. The fourth-order valence-corrected chi connectivity index (χ4v) is 3.96. The van der Waals surface area contributed by atoms with E-state index in [0.717, 1.165) is 43.9 Å². The molecule has 2 heterocycles. The lowest BCUT2D eigenvalue weighted by Crippen LogP contribution is -2.55. The quantitative estimate of drug-likeness (QED) is 0.834. The molecule has 2 aliphatic heterocycles. The summed E-state index contributed by atoms with van der Waals surface area (Å²) < 4.78 is 5.45. The first kappa shape index (κ1) is 18.9. The molecular weight excluding hydrogens is 352 g/mol. The molecule has 2 unspecified atom stereocenters. The van der Waals surface area contributed by atoms with Crippen molar-refractivity contribution in [2.75, 3.05) is 32.8 Å². The van der Waals surface area contributed by atoms with Crippen molar-refractivity contribution >= 4 is 5.91 Å². The van der Waals surface area contributed by atoms with Crippen LogP contribution in [-0.4, -0.2) is 54.7 Å². The van der Waals surface area contributed by atoms with Crippen LogP contribution in [0.2, 0.25) is 0 Å². The lowest BCUT2D eigenvalue weighted by Gasteiger charge is -2.37. The highest BCUT2D eigenvalue weighted by atomic mass is 16.5. The summed E-state index contributed by atoms with van der Waals surface area (Å²) in [6.45, 7) is 5.84. The van der Waals surface area contributed by atoms with E-state index in [0.29, 0.717) is 18.8 Å². The van der Waals surface area contributed by atoms with Gasteiger partial charge in [-0.05, 0) is 43.2 Å². The maximum atomic E-state index is 12.8. The summed E-state index contributed by atoms with van der Waals surface area (Å²) in [5, 5.41) is 0. The minimum atomic E-state index is 0.0994. The van der Waals surface area contributed by atoms with Gasteiger partial charge in [-0.2, -0.15) is 0 Å². The predicted molar refractivity (Wildman–Crippen MR) is 109 cm³/mol. The first-order valence-electron chi connectivity index (χ1n) is 10.1. The third-order valence-electron chi connectivity index (χ3n) is 5.54. The number of hydrogen-bond donors (Lipinski definition) is 2. The van der Waals surface area contributed by atoms with E-state index in [2.05, 4.69) is 40.0 Å². The first-order chi connectivity index (χ1) is 13.7. The summed E-state index contributed by atoms with van der Waals surface area (Å²) >= 11 is 0. The summed E-state index contributed by atoms with van der Waals surface area (Å²) in [5.74, 6) is 0.902. The highest BCUT2D eigenvalue weighted by Crippen LogP contribution is 2.24. The van der Waals surface area contributed by atoms with Crippen LogP contribution in [0.25, 0.3) is 0 Å². The number of nitrogens with one attached hydrogen (secondary N) is 2. The molecule has 2 aliphatic rings. The van der Waals surface area contributed by atoms with Crippen molar-refractivity contribution in [3.63, 3.8) is 0 Å². The van der Waals surface area contributed by atoms with Gasteiger partial charge in [0, 0.05) is 37.8 Å². The molecule has 0 spiro atoms. The van der Waals surface area contributed by atoms with E-state index in [-0.39, 0.29) is 5.91 Å². The molecule has 0 bridgehead atoms. The van der Waals surface area contributed by atoms with Gasteiger partial charge in [-0.1, -0.05) is 30.3 Å². The molecule has 2 N–H and O–H groups in total. The number of nitrogens with zero attached hydrogens (tertiary/aromatic N) is 2. The Morgan fingerprint density at radius 3 is 2.39 bits per heavy atom. The molecule has 2 aromatic carbocycles. The number of carbonyl (C=O) groups excluding carboxylic acids is 1. The van der Waals surface area contributed by atoms with E-state index in [4.69, 9.17) is 4.74 Å². The molecule has 0 aromatic heterocycles. The second-order valence-electron chi connectivity index (χ2n) is 7.29. The standard InChI is InChI=1S/C22H28N4O2/c1-2-28-19-10-8-18(9-11-19)22(27)26-14-12-25(13-15-26)21-16-20(23-24-21)17-6-4-3-5-7-17/h3-11,20-21,23-24H,2,12-16H2,1H3. The van der Waals surface area contributed by atoms with Crippen LogP contribution in [0.4, 0.5) is 0 Å². The zero-order valence-electron chi connectivity index (χ0n) is 16.3. The van der Waals surface area contributed by atoms with Gasteiger partial charge in [-0.15, -0.1) is 0 Å². The molecule has 0 saturated carbocycles. The summed E-state index contributed by atoms with van der Waals surface area (Å²) in [6, 6.07) is 18.3. The van der Waals surface area contributed by atoms with Crippen LogP contribution in [0.1, 0.15) is 35.3 Å². The van der Waals surface area contributed by atoms with E-state index in [9.17, 15) is 4.79 Å². The molecule has 0 radical (unpaired) electrons. The number of carbonyl (C=O) groups is 1. The molecule has 2 aromatic rings. The van der Waals surface area contributed by atoms with Crippen molar-refractivity contribution < 1.29 is 9.53 Å². The number of rotatable bonds is 5. The zero-order chi connectivity index (χ0) is 19.3. The Morgan fingerprint density at radius 2 is 1.71 bits per heavy atom. The van der Waals surface area contributed by atoms with E-state index in [1.54, 1.807) is 0 Å². The van der Waals surface area contributed by atoms with Crippen LogP contribution in [0.15, 0.2) is 54.6 Å². The van der Waals surface area contributed by atoms with Crippen LogP contribution < -0.4 is 15.6 Å². The average Bonchev–Trinajstić information content (AvgIpc) is 3.25. The number of hydrazine groups is 1. The van der Waals surface area contributed by atoms with Crippen LogP contribution in [0.3, 0.4) is 0 Å². The summed E-state index contributed by atoms with van der Waals surface area (Å²) in [4.78, 5) is 17.1. The van der Waals surface area contributed by atoms with Gasteiger partial charge >= 0.3 is 0 Å². The lowest BCUT2D eigenvalue weighted by molar-refractivity contribution is 0.0545. The van der Waals surface area contributed by atoms with Gasteiger partial charge in [0.15, 0.2) is 0 Å². The molecule has 1 amide bonds. The number of piperazine rings is 1. The van der Waals surface area contributed by atoms with Gasteiger partial charge in [0.1, 0.15) is 5.75 Å². The number of hydrogen-bond acceptors (Lipinski definition) is 5. The third-order valence-corrected chi connectivity index (χ3v) is 5.54. The summed E-state index contributed by atoms with van der Waals surface area (Å²) in [7, 11) is 0. The Kier molecular flexibility index (Phi) is 5.90. The molecule has 0 aliphatic carbocycles. The van der Waals surface area contributed by atoms with Gasteiger partial charge in [0.2, 0.25) is 0 Å². The number of benzene rings is 2. The van der Waals surface area contributed by atoms with Crippen LogP contribution in [-0.2, 0) is 0 Å². The van der Waals surface area contributed by atoms with E-state index in [1.165, 1.54) is 5.56 Å². The van der Waals surface area contributed by atoms with E-state index in [1.807, 2.05) is 42.2 Å². The van der Waals surface area contributed by atoms with Crippen LogP contribution in [0, 0.1) is 0 Å². The fraction of sp³-hybridized carbons (Fsp3) is 0.409. The molecule has 28 heavy (non-hydrogen) atoms. The van der Waals surface area contributed by atoms with Crippen molar-refractivity contribution in [2.45, 2.75) is 25.6 Å². The smallest absolute Gasteiger partial charge is 0.253 e. The minimum Gasteiger partial charge on any atom is -0.494 e. The molecular formula is C22H28N4O2. The second kappa shape index (κ2) is 8.73. The van der Waals surface area contributed by atoms with E-state index >= 15 is 0 Å². The SMILES string of the molecule is CCOc1ccc(C(=O)N2CCN(C3CC(c4ccccc4)NN3)CC2)cc1. The zero-order valence-corrected chi connectivity index (χ0v) is 16.3. The van der Waals surface area contributed by atoms with Crippen molar-refractivity contribution in [1.82, 2.24) is 20.7 Å². The molecule has 2 atom stereocenters. The van der Waals surface area contributed by atoms with Crippen LogP contribution in [0.5, 0.6) is 5.75 Å². The Morgan fingerprint density at radius 1 is 1.00 bits per heavy atom. The van der Waals surface area contributed by atoms with Gasteiger partial charge < -0.3 is 9.64 Å². The van der Waals surface area contributed by atoms with Crippen molar-refractivity contribution in [3.8, 4) is 5.75 Å². The highest BCUT2D eigenvalue weighted by Gasteiger charge is 2.32. The van der Waals surface area contributed by atoms with Gasteiger partial charge in [-0.25, -0.2) is 10.9 Å². The summed E-state index contributed by atoms with van der Waals surface area (Å²) in [6.07, 6.45) is 1.32. The maximum Gasteiger partial charge on any atom is 0.253 e. The molecule has 2 saturated heterocycles. The Hall–Kier alpha value is -2.41. The minimum absolute atomic E-state index is 0.0994. The van der Waals surface area contributed by atoms with Crippen molar-refractivity contribution in [2.24, 2.45) is 0 Å². The van der Waals surface area contributed by atoms with Crippen molar-refractivity contribution in [1.29, 1.82) is 0 Å². The first-order valence-corrected chi connectivity index (χ1v) is 10.1. The normalized spacial score (nSPS) is 23.0. The Labute approximate surface area is 166 Å². The molecule has 148 valence electrons. The lowest BCUT2D eigenvalue weighted by atomic mass is 10.0. The Balaban J connectivity index is 1.29. The van der Waals surface area contributed by atoms with Gasteiger partial charge in [0.25, 0.3) is 5.91 Å². The monoisotopic (exact) mass is 380 g/mol. The molecule has 2 fully saturated rings. The van der Waals surface area contributed by atoms with Gasteiger partial charge in [0.05, 0.1) is 12.8 Å². The predicted octanol–water partition coefficient (Wildman–Crippen LogP) is 2.41. The van der Waals surface area contributed by atoms with Crippen LogP contribution >= 0.6 is 0 Å². The third kappa shape index (κ3) is 4.19. The topological polar surface area (TPSA) is 56.8 Å². The van der Waals surface area contributed by atoms with Crippen molar-refractivity contribution in [3.05, 3.63) is 65.7 Å². The maximum absolute atomic E-state index is 12.8. The number of ether oxygens (including phenoxy) is 1. The van der Waals surface area contributed by atoms with Gasteiger partial charge in [-0.3, -0.25) is 9.69 Å². The number of amides is 1. The molecule has 6 nitrogen and oxygen atoms in total. The second-order valence-corrected chi connectivity index (χ2v) is 7.29. The Bertz CT molecular complexity index is 773. The largest absolute Gasteiger partial charge is 0.494 e. The molecule has 6 heteroatoms. The average molecular weight is 380 g/mol. The van der Waals surface area contributed by atoms with E-state index < -0.39 is 0 Å². The summed E-state index contributed by atoms with van der Waals surface area (Å²) in [5.41, 5.74) is 8.87. The fourth-order valence-electron chi connectivity index (χ4n) is 3.96. The molecule has 4 rings (SSSR count).